The van der Waals surface area contributed by atoms with E-state index in [1.165, 1.54) is 24.8 Å². The molecule has 3 fully saturated rings. The van der Waals surface area contributed by atoms with Gasteiger partial charge < -0.3 is 15.1 Å². The zero-order valence-corrected chi connectivity index (χ0v) is 22.6. The van der Waals surface area contributed by atoms with Gasteiger partial charge in [0.2, 0.25) is 15.9 Å². The molecule has 0 bridgehead atoms. The molecule has 36 heavy (non-hydrogen) atoms. The van der Waals surface area contributed by atoms with Crippen LogP contribution in [0, 0.1) is 5.92 Å². The number of hydrogen-bond acceptors (Lipinski definition) is 5. The van der Waals surface area contributed by atoms with Crippen molar-refractivity contribution in [3.05, 3.63) is 35.9 Å². The van der Waals surface area contributed by atoms with Crippen molar-refractivity contribution in [3.8, 4) is 0 Å². The minimum atomic E-state index is -3.30. The molecule has 2 N–H and O–H groups in total. The molecule has 0 radical (unpaired) electrons. The van der Waals surface area contributed by atoms with Crippen LogP contribution in [0.2, 0.25) is 0 Å². The van der Waals surface area contributed by atoms with E-state index in [0.717, 1.165) is 38.5 Å². The van der Waals surface area contributed by atoms with E-state index < -0.39 is 10.0 Å². The molecule has 9 nitrogen and oxygen atoms in total. The van der Waals surface area contributed by atoms with Crippen LogP contribution in [0.15, 0.2) is 30.3 Å². The molecule has 0 unspecified atom stereocenters. The van der Waals surface area contributed by atoms with Crippen LogP contribution in [0.3, 0.4) is 0 Å². The highest BCUT2D eigenvalue weighted by Crippen LogP contribution is 2.49. The van der Waals surface area contributed by atoms with Crippen molar-refractivity contribution in [2.24, 2.45) is 5.92 Å². The van der Waals surface area contributed by atoms with E-state index >= 15 is 0 Å². The molecule has 1 spiro atoms. The molecular weight excluding hydrogens is 478 g/mol. The summed E-state index contributed by atoms with van der Waals surface area (Å²) in [4.78, 5) is 32.3. The van der Waals surface area contributed by atoms with Crippen LogP contribution in [0.25, 0.3) is 0 Å². The van der Waals surface area contributed by atoms with Gasteiger partial charge in [-0.3, -0.25) is 9.69 Å². The molecule has 4 rings (SSSR count). The Labute approximate surface area is 215 Å². The van der Waals surface area contributed by atoms with E-state index in [1.807, 2.05) is 6.07 Å². The highest BCUT2D eigenvalue weighted by Gasteiger charge is 2.55. The molecule has 3 aliphatic rings. The standard InChI is InChI=1S/C26H41N5O4S/c1-29(2)26(22-10-5-4-6-11-22)14-12-25(13-15-26)20-30(24(33)31(25)18-21-8-7-9-21)19-23(32)27-16-17-28-36(3,34)35/h4-6,10-11,21,28H,7-9,12-20H2,1-3H3,(H,27,32)/t25-,26-. The van der Waals surface area contributed by atoms with E-state index in [4.69, 9.17) is 0 Å². The van der Waals surface area contributed by atoms with Gasteiger partial charge in [0, 0.05) is 31.7 Å². The van der Waals surface area contributed by atoms with Gasteiger partial charge >= 0.3 is 6.03 Å². The van der Waals surface area contributed by atoms with Gasteiger partial charge in [0.1, 0.15) is 6.54 Å². The first kappa shape index (κ1) is 26.9. The molecule has 200 valence electrons. The van der Waals surface area contributed by atoms with Gasteiger partial charge in [0.05, 0.1) is 11.8 Å². The summed E-state index contributed by atoms with van der Waals surface area (Å²) in [5.74, 6) is 0.290. The number of rotatable bonds is 10. The maximum atomic E-state index is 13.6. The summed E-state index contributed by atoms with van der Waals surface area (Å²) in [7, 11) is 0.990. The van der Waals surface area contributed by atoms with Gasteiger partial charge in [0.25, 0.3) is 0 Å². The molecule has 1 saturated heterocycles. The minimum Gasteiger partial charge on any atom is -0.353 e. The van der Waals surface area contributed by atoms with E-state index in [1.54, 1.807) is 4.90 Å². The lowest BCUT2D eigenvalue weighted by atomic mass is 9.68. The predicted molar refractivity (Wildman–Crippen MR) is 140 cm³/mol. The summed E-state index contributed by atoms with van der Waals surface area (Å²) in [6, 6.07) is 10.6. The second kappa shape index (κ2) is 10.7. The molecule has 2 saturated carbocycles. The zero-order chi connectivity index (χ0) is 26.0. The van der Waals surface area contributed by atoms with Crippen molar-refractivity contribution in [3.63, 3.8) is 0 Å². The fourth-order valence-electron chi connectivity index (χ4n) is 6.18. The third kappa shape index (κ3) is 5.70. The number of carbonyl (C=O) groups is 2. The predicted octanol–water partition coefficient (Wildman–Crippen LogP) is 1.96. The first-order chi connectivity index (χ1) is 17.0. The Morgan fingerprint density at radius 2 is 1.75 bits per heavy atom. The molecule has 1 aromatic carbocycles. The summed E-state index contributed by atoms with van der Waals surface area (Å²) in [5, 5.41) is 2.74. The largest absolute Gasteiger partial charge is 0.353 e. The average Bonchev–Trinajstić information content (AvgIpc) is 3.04. The molecule has 0 atom stereocenters. The van der Waals surface area contributed by atoms with Gasteiger partial charge in [0.15, 0.2) is 0 Å². The van der Waals surface area contributed by atoms with Crippen molar-refractivity contribution >= 4 is 22.0 Å². The fraction of sp³-hybridized carbons (Fsp3) is 0.692. The van der Waals surface area contributed by atoms with Gasteiger partial charge in [-0.25, -0.2) is 17.9 Å². The number of benzene rings is 1. The number of nitrogens with zero attached hydrogens (tertiary/aromatic N) is 3. The van der Waals surface area contributed by atoms with Crippen LogP contribution in [0.4, 0.5) is 4.79 Å². The van der Waals surface area contributed by atoms with Gasteiger partial charge in [-0.2, -0.15) is 0 Å². The lowest BCUT2D eigenvalue weighted by Gasteiger charge is -2.51. The van der Waals surface area contributed by atoms with Crippen molar-refractivity contribution in [2.75, 3.05) is 53.1 Å². The normalized spacial score (nSPS) is 27.1. The van der Waals surface area contributed by atoms with E-state index in [-0.39, 0.29) is 42.7 Å². The fourth-order valence-corrected chi connectivity index (χ4v) is 6.65. The first-order valence-corrected chi connectivity index (χ1v) is 14.9. The molecule has 2 aliphatic carbocycles. The smallest absolute Gasteiger partial charge is 0.321 e. The Morgan fingerprint density at radius 3 is 2.31 bits per heavy atom. The van der Waals surface area contributed by atoms with Gasteiger partial charge in [-0.15, -0.1) is 0 Å². The van der Waals surface area contributed by atoms with Crippen LogP contribution >= 0.6 is 0 Å². The Balaban J connectivity index is 1.45. The van der Waals surface area contributed by atoms with Crippen molar-refractivity contribution in [2.45, 2.75) is 56.0 Å². The monoisotopic (exact) mass is 519 g/mol. The quantitative estimate of drug-likeness (QED) is 0.460. The van der Waals surface area contributed by atoms with Crippen LogP contribution < -0.4 is 10.0 Å². The molecule has 1 heterocycles. The highest BCUT2D eigenvalue weighted by atomic mass is 32.2. The SMILES string of the molecule is CN(C)[C@]1(c2ccccc2)CC[C@@]2(CC1)CN(CC(=O)NCCNS(C)(=O)=O)C(=O)N2CC1CCC1. The van der Waals surface area contributed by atoms with E-state index in [0.29, 0.717) is 12.5 Å². The third-order valence-corrected chi connectivity index (χ3v) is 9.27. The maximum Gasteiger partial charge on any atom is 0.321 e. The lowest BCUT2D eigenvalue weighted by molar-refractivity contribution is -0.121. The Hall–Kier alpha value is -2.17. The highest BCUT2D eigenvalue weighted by molar-refractivity contribution is 7.88. The Bertz CT molecular complexity index is 1030. The summed E-state index contributed by atoms with van der Waals surface area (Å²) in [6.45, 7) is 1.65. The minimum absolute atomic E-state index is 0.00185. The number of urea groups is 1. The van der Waals surface area contributed by atoms with Crippen LogP contribution in [-0.2, 0) is 20.4 Å². The topological polar surface area (TPSA) is 102 Å². The number of sulfonamides is 1. The van der Waals surface area contributed by atoms with Crippen LogP contribution in [0.1, 0.15) is 50.5 Å². The number of amides is 3. The second-order valence-electron chi connectivity index (χ2n) is 11.1. The summed E-state index contributed by atoms with van der Waals surface area (Å²) >= 11 is 0. The summed E-state index contributed by atoms with van der Waals surface area (Å²) in [6.07, 6.45) is 8.35. The number of hydrogen-bond donors (Lipinski definition) is 2. The second-order valence-corrected chi connectivity index (χ2v) is 12.9. The molecule has 10 heteroatoms. The van der Waals surface area contributed by atoms with Crippen molar-refractivity contribution in [1.82, 2.24) is 24.7 Å². The Morgan fingerprint density at radius 1 is 1.08 bits per heavy atom. The summed E-state index contributed by atoms with van der Waals surface area (Å²) < 4.78 is 24.8. The molecule has 1 aliphatic heterocycles. The number of nitrogens with one attached hydrogen (secondary N) is 2. The zero-order valence-electron chi connectivity index (χ0n) is 21.8. The first-order valence-electron chi connectivity index (χ1n) is 13.1. The van der Waals surface area contributed by atoms with Crippen molar-refractivity contribution in [1.29, 1.82) is 0 Å². The molecule has 3 amide bonds. The van der Waals surface area contributed by atoms with Crippen LogP contribution in [0.5, 0.6) is 0 Å². The summed E-state index contributed by atoms with van der Waals surface area (Å²) in [5.41, 5.74) is 1.01. The average molecular weight is 520 g/mol. The van der Waals surface area contributed by atoms with E-state index in [2.05, 4.69) is 58.2 Å². The number of carbonyl (C=O) groups excluding carboxylic acids is 2. The maximum absolute atomic E-state index is 13.6. The van der Waals surface area contributed by atoms with Crippen molar-refractivity contribution < 1.29 is 18.0 Å². The van der Waals surface area contributed by atoms with Gasteiger partial charge in [-0.1, -0.05) is 36.8 Å². The lowest BCUT2D eigenvalue weighted by Crippen LogP contribution is -2.56. The molecular formula is C26H41N5O4S. The Kier molecular flexibility index (Phi) is 7.97. The third-order valence-electron chi connectivity index (χ3n) is 8.55. The van der Waals surface area contributed by atoms with Crippen LogP contribution in [-0.4, -0.2) is 93.7 Å². The van der Waals surface area contributed by atoms with E-state index in [9.17, 15) is 18.0 Å². The molecule has 0 aromatic heterocycles. The van der Waals surface area contributed by atoms with Gasteiger partial charge in [-0.05, 0) is 64.1 Å². The molecule has 1 aromatic rings.